The second-order valence-corrected chi connectivity index (χ2v) is 5.16. The van der Waals surface area contributed by atoms with Crippen LogP contribution in [0.5, 0.6) is 0 Å². The lowest BCUT2D eigenvalue weighted by Crippen LogP contribution is -2.26. The second kappa shape index (κ2) is 5.95. The summed E-state index contributed by atoms with van der Waals surface area (Å²) in [5.41, 5.74) is 9.34. The summed E-state index contributed by atoms with van der Waals surface area (Å²) >= 11 is 1.18. The molecule has 1 heterocycles. The van der Waals surface area contributed by atoms with E-state index in [4.69, 9.17) is 5.73 Å². The van der Waals surface area contributed by atoms with Gasteiger partial charge in [-0.05, 0) is 12.5 Å². The van der Waals surface area contributed by atoms with Gasteiger partial charge in [0.25, 0.3) is 0 Å². The van der Waals surface area contributed by atoms with Gasteiger partial charge in [-0.25, -0.2) is 0 Å². The lowest BCUT2D eigenvalue weighted by atomic mass is 10.1. The van der Waals surface area contributed by atoms with Gasteiger partial charge in [0.2, 0.25) is 0 Å². The van der Waals surface area contributed by atoms with Crippen LogP contribution in [0.25, 0.3) is 0 Å². The quantitative estimate of drug-likeness (QED) is 0.766. The zero-order valence-electron chi connectivity index (χ0n) is 10.3. The Balaban J connectivity index is 1.83. The van der Waals surface area contributed by atoms with Crippen LogP contribution in [0.1, 0.15) is 22.9 Å². The molecule has 0 aliphatic carbocycles. The van der Waals surface area contributed by atoms with E-state index < -0.39 is 0 Å². The molecule has 0 saturated heterocycles. The summed E-state index contributed by atoms with van der Waals surface area (Å²) in [6.45, 7) is 3.37. The number of aromatic amines is 1. The van der Waals surface area contributed by atoms with Crippen molar-refractivity contribution in [2.75, 3.05) is 6.54 Å². The minimum atomic E-state index is -0.0315. The zero-order chi connectivity index (χ0) is 13.0. The van der Waals surface area contributed by atoms with Gasteiger partial charge in [0.1, 0.15) is 0 Å². The Hall–Kier alpha value is -1.43. The van der Waals surface area contributed by atoms with Crippen LogP contribution >= 0.6 is 11.3 Å². The topological polar surface area (TPSA) is 70.9 Å². The van der Waals surface area contributed by atoms with E-state index in [9.17, 15) is 4.79 Å². The molecule has 0 bridgehead atoms. The Morgan fingerprint density at radius 2 is 2.11 bits per heavy atom. The van der Waals surface area contributed by atoms with Crippen molar-refractivity contribution >= 4 is 11.3 Å². The van der Waals surface area contributed by atoms with Crippen molar-refractivity contribution in [3.63, 3.8) is 0 Å². The molecular formula is C13H17N3OS. The van der Waals surface area contributed by atoms with Crippen LogP contribution in [0.3, 0.4) is 0 Å². The standard InChI is InChI=1S/C13H17N3OS/c1-9-2-4-10(5-3-9)12(14)7-15-6-11-8-18-13(17)16-11/h2-5,8,12,15H,6-7,14H2,1H3,(H,16,17). The lowest BCUT2D eigenvalue weighted by molar-refractivity contribution is 0.593. The largest absolute Gasteiger partial charge is 0.323 e. The number of aryl methyl sites for hydroxylation is 1. The van der Waals surface area contributed by atoms with Gasteiger partial charge in [-0.3, -0.25) is 4.79 Å². The van der Waals surface area contributed by atoms with Crippen molar-refractivity contribution in [1.29, 1.82) is 0 Å². The van der Waals surface area contributed by atoms with E-state index in [-0.39, 0.29) is 10.9 Å². The summed E-state index contributed by atoms with van der Waals surface area (Å²) in [5, 5.41) is 5.07. The molecule has 0 saturated carbocycles. The van der Waals surface area contributed by atoms with Crippen LogP contribution in [0.15, 0.2) is 34.4 Å². The number of nitrogens with two attached hydrogens (primary N) is 1. The average molecular weight is 263 g/mol. The minimum Gasteiger partial charge on any atom is -0.323 e. The van der Waals surface area contributed by atoms with Crippen molar-refractivity contribution < 1.29 is 0 Å². The average Bonchev–Trinajstić information content (AvgIpc) is 2.76. The van der Waals surface area contributed by atoms with Crippen molar-refractivity contribution in [2.45, 2.75) is 19.5 Å². The number of hydrogen-bond acceptors (Lipinski definition) is 4. The molecule has 0 amide bonds. The summed E-state index contributed by atoms with van der Waals surface area (Å²) in [6, 6.07) is 8.19. The predicted octanol–water partition coefficient (Wildman–Crippen LogP) is 1.53. The van der Waals surface area contributed by atoms with Gasteiger partial charge >= 0.3 is 4.87 Å². The number of nitrogens with one attached hydrogen (secondary N) is 2. The number of hydrogen-bond donors (Lipinski definition) is 3. The van der Waals surface area contributed by atoms with Crippen molar-refractivity contribution in [1.82, 2.24) is 10.3 Å². The molecule has 0 spiro atoms. The highest BCUT2D eigenvalue weighted by atomic mass is 32.1. The first kappa shape index (κ1) is 13.0. The third-order valence-electron chi connectivity index (χ3n) is 2.76. The maximum Gasteiger partial charge on any atom is 0.304 e. The molecule has 0 aliphatic heterocycles. The first-order chi connectivity index (χ1) is 8.65. The summed E-state index contributed by atoms with van der Waals surface area (Å²) in [7, 11) is 0. The van der Waals surface area contributed by atoms with Crippen LogP contribution in [0, 0.1) is 6.92 Å². The van der Waals surface area contributed by atoms with E-state index >= 15 is 0 Å². The Morgan fingerprint density at radius 1 is 1.39 bits per heavy atom. The van der Waals surface area contributed by atoms with E-state index in [1.54, 1.807) is 0 Å². The van der Waals surface area contributed by atoms with E-state index in [0.29, 0.717) is 13.1 Å². The Labute approximate surface area is 110 Å². The van der Waals surface area contributed by atoms with Gasteiger partial charge in [0.15, 0.2) is 0 Å². The fourth-order valence-electron chi connectivity index (χ4n) is 1.69. The summed E-state index contributed by atoms with van der Waals surface area (Å²) in [5.74, 6) is 0. The van der Waals surface area contributed by atoms with Crippen LogP contribution in [0.4, 0.5) is 0 Å². The minimum absolute atomic E-state index is 0.0189. The highest BCUT2D eigenvalue weighted by Crippen LogP contribution is 2.10. The van der Waals surface area contributed by atoms with E-state index in [1.165, 1.54) is 16.9 Å². The van der Waals surface area contributed by atoms with E-state index in [2.05, 4.69) is 29.4 Å². The van der Waals surface area contributed by atoms with E-state index in [0.717, 1.165) is 11.3 Å². The summed E-state index contributed by atoms with van der Waals surface area (Å²) < 4.78 is 0. The van der Waals surface area contributed by atoms with Gasteiger partial charge in [-0.1, -0.05) is 41.2 Å². The Morgan fingerprint density at radius 3 is 2.72 bits per heavy atom. The number of rotatable bonds is 5. The van der Waals surface area contributed by atoms with Crippen molar-refractivity contribution in [2.24, 2.45) is 5.73 Å². The summed E-state index contributed by atoms with van der Waals surface area (Å²) in [4.78, 5) is 13.7. The molecule has 1 unspecified atom stereocenters. The molecule has 2 rings (SSSR count). The zero-order valence-corrected chi connectivity index (χ0v) is 11.1. The highest BCUT2D eigenvalue weighted by molar-refractivity contribution is 7.07. The third-order valence-corrected chi connectivity index (χ3v) is 3.47. The maximum atomic E-state index is 11.0. The molecule has 18 heavy (non-hydrogen) atoms. The number of H-pyrrole nitrogens is 1. The van der Waals surface area contributed by atoms with Crippen molar-refractivity contribution in [3.8, 4) is 0 Å². The van der Waals surface area contributed by atoms with Crippen LogP contribution in [-0.2, 0) is 6.54 Å². The molecule has 4 nitrogen and oxygen atoms in total. The molecule has 96 valence electrons. The number of benzene rings is 1. The first-order valence-corrected chi connectivity index (χ1v) is 6.72. The number of thiazole rings is 1. The first-order valence-electron chi connectivity index (χ1n) is 5.84. The fraction of sp³-hybridized carbons (Fsp3) is 0.308. The number of aromatic nitrogens is 1. The smallest absolute Gasteiger partial charge is 0.304 e. The molecule has 1 aromatic heterocycles. The van der Waals surface area contributed by atoms with Gasteiger partial charge in [0, 0.05) is 30.2 Å². The molecular weight excluding hydrogens is 246 g/mol. The lowest BCUT2D eigenvalue weighted by Gasteiger charge is -2.13. The van der Waals surface area contributed by atoms with Crippen molar-refractivity contribution in [3.05, 3.63) is 56.1 Å². The third kappa shape index (κ3) is 3.53. The molecule has 1 aromatic carbocycles. The predicted molar refractivity (Wildman–Crippen MR) is 74.8 cm³/mol. The normalized spacial score (nSPS) is 12.6. The Kier molecular flexibility index (Phi) is 4.30. The van der Waals surface area contributed by atoms with Gasteiger partial charge in [0.05, 0.1) is 0 Å². The van der Waals surface area contributed by atoms with Crippen LogP contribution in [-0.4, -0.2) is 11.5 Å². The fourth-order valence-corrected chi connectivity index (χ4v) is 2.28. The molecule has 4 N–H and O–H groups in total. The molecule has 0 fully saturated rings. The van der Waals surface area contributed by atoms with Crippen LogP contribution in [0.2, 0.25) is 0 Å². The van der Waals surface area contributed by atoms with Gasteiger partial charge in [-0.15, -0.1) is 0 Å². The van der Waals surface area contributed by atoms with Gasteiger partial charge in [-0.2, -0.15) is 0 Å². The molecule has 0 radical (unpaired) electrons. The Bertz CT molecular complexity index is 544. The SMILES string of the molecule is Cc1ccc(C(N)CNCc2csc(=O)[nH]2)cc1. The van der Waals surface area contributed by atoms with Crippen LogP contribution < -0.4 is 15.9 Å². The summed E-state index contributed by atoms with van der Waals surface area (Å²) in [6.07, 6.45) is 0. The highest BCUT2D eigenvalue weighted by Gasteiger charge is 2.05. The molecule has 1 atom stereocenters. The van der Waals surface area contributed by atoms with E-state index in [1.807, 2.05) is 17.5 Å². The maximum absolute atomic E-state index is 11.0. The molecule has 5 heteroatoms. The molecule has 0 aliphatic rings. The second-order valence-electron chi connectivity index (χ2n) is 4.32. The van der Waals surface area contributed by atoms with Gasteiger partial charge < -0.3 is 16.0 Å². The monoisotopic (exact) mass is 263 g/mol. The molecule has 2 aromatic rings.